The van der Waals surface area contributed by atoms with Gasteiger partial charge >= 0.3 is 6.18 Å². The molecule has 0 aliphatic carbocycles. The number of aliphatic hydroxyl groups excluding tert-OH is 1. The Kier molecular flexibility index (Phi) is 4.63. The maximum absolute atomic E-state index is 12.6. The van der Waals surface area contributed by atoms with E-state index < -0.39 is 24.0 Å². The Labute approximate surface area is 110 Å². The maximum Gasteiger partial charge on any atom is 0.434 e. The molecule has 7 heteroatoms. The van der Waals surface area contributed by atoms with Gasteiger partial charge in [0.15, 0.2) is 5.70 Å². The molecule has 0 saturated heterocycles. The van der Waals surface area contributed by atoms with Gasteiger partial charge in [0.1, 0.15) is 6.10 Å². The molecule has 2 atom stereocenters. The van der Waals surface area contributed by atoms with Crippen LogP contribution in [-0.2, 0) is 0 Å². The Morgan fingerprint density at radius 2 is 2.00 bits per heavy atom. The molecule has 19 heavy (non-hydrogen) atoms. The summed E-state index contributed by atoms with van der Waals surface area (Å²) in [4.78, 5) is 3.53. The van der Waals surface area contributed by atoms with Crippen LogP contribution in [0.4, 0.5) is 13.2 Å². The average Bonchev–Trinajstić information content (AvgIpc) is 2.24. The van der Waals surface area contributed by atoms with E-state index in [9.17, 15) is 18.3 Å². The highest BCUT2D eigenvalue weighted by atomic mass is 19.4. The summed E-state index contributed by atoms with van der Waals surface area (Å²) in [5, 5.41) is 15.6. The largest absolute Gasteiger partial charge is 0.434 e. The molecular formula is C12H20F3N3O. The van der Waals surface area contributed by atoms with Gasteiger partial charge in [0.2, 0.25) is 0 Å². The quantitative estimate of drug-likeness (QED) is 0.735. The third-order valence-electron chi connectivity index (χ3n) is 2.62. The van der Waals surface area contributed by atoms with Crippen molar-refractivity contribution in [2.24, 2.45) is 4.99 Å². The van der Waals surface area contributed by atoms with Gasteiger partial charge in [-0.15, -0.1) is 0 Å². The van der Waals surface area contributed by atoms with Crippen LogP contribution >= 0.6 is 0 Å². The minimum atomic E-state index is -4.52. The van der Waals surface area contributed by atoms with Crippen LogP contribution in [0.2, 0.25) is 0 Å². The van der Waals surface area contributed by atoms with Crippen molar-refractivity contribution in [3.63, 3.8) is 0 Å². The van der Waals surface area contributed by atoms with Crippen LogP contribution in [0.5, 0.6) is 0 Å². The van der Waals surface area contributed by atoms with Gasteiger partial charge in [0.25, 0.3) is 0 Å². The molecule has 1 unspecified atom stereocenters. The number of allylic oxidation sites excluding steroid dienone is 1. The predicted octanol–water partition coefficient (Wildman–Crippen LogP) is 1.57. The molecule has 0 aromatic carbocycles. The molecule has 0 aromatic heterocycles. The summed E-state index contributed by atoms with van der Waals surface area (Å²) in [5.41, 5.74) is -1.16. The predicted molar refractivity (Wildman–Crippen MR) is 67.9 cm³/mol. The number of nitrogens with one attached hydrogen (secondary N) is 2. The Morgan fingerprint density at radius 3 is 2.47 bits per heavy atom. The molecular weight excluding hydrogens is 259 g/mol. The summed E-state index contributed by atoms with van der Waals surface area (Å²) < 4.78 is 37.7. The van der Waals surface area contributed by atoms with Gasteiger partial charge in [-0.05, 0) is 27.7 Å². The Morgan fingerprint density at radius 1 is 1.42 bits per heavy atom. The lowest BCUT2D eigenvalue weighted by Gasteiger charge is -2.28. The van der Waals surface area contributed by atoms with Crippen molar-refractivity contribution in [2.75, 3.05) is 6.54 Å². The second kappa shape index (κ2) is 5.50. The van der Waals surface area contributed by atoms with E-state index in [0.717, 1.165) is 6.20 Å². The topological polar surface area (TPSA) is 56.7 Å². The van der Waals surface area contributed by atoms with Crippen molar-refractivity contribution in [1.82, 2.24) is 10.6 Å². The van der Waals surface area contributed by atoms with Crippen LogP contribution in [0.3, 0.4) is 0 Å². The first kappa shape index (κ1) is 16.0. The molecule has 1 heterocycles. The van der Waals surface area contributed by atoms with Crippen molar-refractivity contribution in [3.05, 3.63) is 11.9 Å². The van der Waals surface area contributed by atoms with Crippen LogP contribution in [0.15, 0.2) is 16.9 Å². The van der Waals surface area contributed by atoms with Gasteiger partial charge in [0, 0.05) is 18.3 Å². The summed E-state index contributed by atoms with van der Waals surface area (Å²) in [6.45, 7) is 7.53. The molecule has 1 rings (SSSR count). The smallest absolute Gasteiger partial charge is 0.386 e. The molecule has 110 valence electrons. The monoisotopic (exact) mass is 279 g/mol. The zero-order valence-corrected chi connectivity index (χ0v) is 11.5. The zero-order valence-electron chi connectivity index (χ0n) is 11.5. The van der Waals surface area contributed by atoms with E-state index in [1.54, 1.807) is 6.92 Å². The fraction of sp³-hybridized carbons (Fsp3) is 0.750. The molecule has 0 radical (unpaired) electrons. The average molecular weight is 279 g/mol. The standard InChI is InChI=1S/C12H20F3N3O/c1-7-10(8(19)5-17-11(2,3)4)18-9(6-16-7)12(13,14)15/h6-8,16-17,19H,5H2,1-4H3/t7?,8-/m0/s1. The van der Waals surface area contributed by atoms with E-state index in [2.05, 4.69) is 15.6 Å². The van der Waals surface area contributed by atoms with E-state index in [4.69, 9.17) is 0 Å². The Bertz CT molecular complexity index is 383. The second-order valence-electron chi connectivity index (χ2n) is 5.60. The number of halogens is 3. The van der Waals surface area contributed by atoms with Crippen LogP contribution in [-0.4, -0.2) is 41.2 Å². The van der Waals surface area contributed by atoms with E-state index in [0.29, 0.717) is 0 Å². The summed E-state index contributed by atoms with van der Waals surface area (Å²) in [7, 11) is 0. The SMILES string of the molecule is CC1NC=C(C(F)(F)F)N=C1[C@@H](O)CNC(C)(C)C. The minimum absolute atomic E-state index is 0.0894. The lowest BCUT2D eigenvalue weighted by atomic mass is 10.0. The number of hydrogen-bond donors (Lipinski definition) is 3. The number of β-amino-alcohol motifs (C(OH)–C–C–N with tert-alkyl or cyclic N) is 1. The summed E-state index contributed by atoms with van der Waals surface area (Å²) >= 11 is 0. The van der Waals surface area contributed by atoms with Crippen LogP contribution < -0.4 is 10.6 Å². The van der Waals surface area contributed by atoms with Crippen LogP contribution in [0, 0.1) is 0 Å². The molecule has 0 bridgehead atoms. The second-order valence-corrected chi connectivity index (χ2v) is 5.60. The van der Waals surface area contributed by atoms with Gasteiger partial charge in [-0.2, -0.15) is 13.2 Å². The fourth-order valence-corrected chi connectivity index (χ4v) is 1.57. The molecule has 0 spiro atoms. The first-order valence-corrected chi connectivity index (χ1v) is 6.05. The molecule has 4 nitrogen and oxygen atoms in total. The molecule has 0 amide bonds. The van der Waals surface area contributed by atoms with E-state index in [1.807, 2.05) is 20.8 Å². The highest BCUT2D eigenvalue weighted by molar-refractivity contribution is 5.94. The summed E-state index contributed by atoms with van der Waals surface area (Å²) in [6, 6.07) is -0.428. The van der Waals surface area contributed by atoms with Crippen molar-refractivity contribution in [1.29, 1.82) is 0 Å². The van der Waals surface area contributed by atoms with Crippen molar-refractivity contribution < 1.29 is 18.3 Å². The maximum atomic E-state index is 12.6. The molecule has 0 aromatic rings. The first-order chi connectivity index (χ1) is 8.50. The van der Waals surface area contributed by atoms with Crippen LogP contribution in [0.1, 0.15) is 27.7 Å². The number of aliphatic imine (C=N–C) groups is 1. The van der Waals surface area contributed by atoms with E-state index >= 15 is 0 Å². The molecule has 0 fully saturated rings. The summed E-state index contributed by atoms with van der Waals surface area (Å²) in [5.74, 6) is 0. The first-order valence-electron chi connectivity index (χ1n) is 6.05. The fourth-order valence-electron chi connectivity index (χ4n) is 1.57. The van der Waals surface area contributed by atoms with Gasteiger partial charge in [-0.3, -0.25) is 0 Å². The lowest BCUT2D eigenvalue weighted by Crippen LogP contribution is -2.49. The van der Waals surface area contributed by atoms with Crippen molar-refractivity contribution in [3.8, 4) is 0 Å². The van der Waals surface area contributed by atoms with Crippen LogP contribution in [0.25, 0.3) is 0 Å². The number of rotatable bonds is 3. The number of alkyl halides is 3. The number of aliphatic hydroxyl groups is 1. The molecule has 0 saturated carbocycles. The Hall–Kier alpha value is -1.08. The normalized spacial score (nSPS) is 22.4. The third-order valence-corrected chi connectivity index (χ3v) is 2.62. The van der Waals surface area contributed by atoms with E-state index in [1.165, 1.54) is 0 Å². The molecule has 3 N–H and O–H groups in total. The highest BCUT2D eigenvalue weighted by Crippen LogP contribution is 2.28. The third kappa shape index (κ3) is 4.83. The summed E-state index contributed by atoms with van der Waals surface area (Å²) in [6.07, 6.45) is -4.75. The van der Waals surface area contributed by atoms with Crippen molar-refractivity contribution in [2.45, 2.75) is 51.6 Å². The van der Waals surface area contributed by atoms with Gasteiger partial charge < -0.3 is 15.7 Å². The lowest BCUT2D eigenvalue weighted by molar-refractivity contribution is -0.0930. The van der Waals surface area contributed by atoms with Gasteiger partial charge in [-0.25, -0.2) is 4.99 Å². The highest BCUT2D eigenvalue weighted by Gasteiger charge is 2.37. The van der Waals surface area contributed by atoms with Crippen molar-refractivity contribution >= 4 is 5.71 Å². The molecule has 1 aliphatic heterocycles. The molecule has 1 aliphatic rings. The van der Waals surface area contributed by atoms with Gasteiger partial charge in [0.05, 0.1) is 11.8 Å². The van der Waals surface area contributed by atoms with E-state index in [-0.39, 0.29) is 17.8 Å². The Balaban J connectivity index is 2.79. The zero-order chi connectivity index (χ0) is 14.8. The number of nitrogens with zero attached hydrogens (tertiary/aromatic N) is 1. The number of hydrogen-bond acceptors (Lipinski definition) is 4. The minimum Gasteiger partial charge on any atom is -0.386 e. The van der Waals surface area contributed by atoms with Gasteiger partial charge in [-0.1, -0.05) is 0 Å².